The summed E-state index contributed by atoms with van der Waals surface area (Å²) in [6.07, 6.45) is 6.22. The molecule has 1 aliphatic rings. The number of rotatable bonds is 3. The highest BCUT2D eigenvalue weighted by molar-refractivity contribution is 5.68. The van der Waals surface area contributed by atoms with Gasteiger partial charge in [0.15, 0.2) is 5.82 Å². The fourth-order valence-electron chi connectivity index (χ4n) is 1.76. The van der Waals surface area contributed by atoms with E-state index in [1.54, 1.807) is 6.20 Å². The van der Waals surface area contributed by atoms with Gasteiger partial charge in [0.05, 0.1) is 5.69 Å². The Labute approximate surface area is 94.7 Å². The Balaban J connectivity index is 2.06. The highest BCUT2D eigenvalue weighted by Crippen LogP contribution is 2.26. The first-order valence-corrected chi connectivity index (χ1v) is 5.85. The predicted octanol–water partition coefficient (Wildman–Crippen LogP) is 2.43. The Morgan fingerprint density at radius 1 is 1.44 bits per heavy atom. The summed E-state index contributed by atoms with van der Waals surface area (Å²) in [4.78, 5) is 4.39. The van der Waals surface area contributed by atoms with Crippen LogP contribution in [0.5, 0.6) is 0 Å². The maximum atomic E-state index is 4.54. The van der Waals surface area contributed by atoms with E-state index < -0.39 is 0 Å². The number of hydrogen-bond acceptors (Lipinski definition) is 3. The summed E-state index contributed by atoms with van der Waals surface area (Å²) in [6, 6.07) is 2.75. The Morgan fingerprint density at radius 2 is 2.25 bits per heavy atom. The molecule has 0 aliphatic heterocycles. The van der Waals surface area contributed by atoms with Crippen LogP contribution in [-0.4, -0.2) is 20.6 Å². The van der Waals surface area contributed by atoms with Crippen LogP contribution in [0.4, 0.5) is 5.82 Å². The Hall–Kier alpha value is -1.58. The molecule has 0 amide bonds. The van der Waals surface area contributed by atoms with E-state index in [2.05, 4.69) is 35.3 Å². The molecular formula is C12H16N4. The van der Waals surface area contributed by atoms with Crippen LogP contribution >= 0.6 is 0 Å². The monoisotopic (exact) mass is 216 g/mol. The van der Waals surface area contributed by atoms with Gasteiger partial charge < -0.3 is 5.32 Å². The fraction of sp³-hybridized carbons (Fsp3) is 0.500. The highest BCUT2D eigenvalue weighted by atomic mass is 15.2. The van der Waals surface area contributed by atoms with Crippen LogP contribution in [0.25, 0.3) is 5.52 Å². The minimum Gasteiger partial charge on any atom is -0.366 e. The van der Waals surface area contributed by atoms with E-state index in [4.69, 9.17) is 0 Å². The van der Waals surface area contributed by atoms with Crippen molar-refractivity contribution >= 4 is 11.3 Å². The summed E-state index contributed by atoms with van der Waals surface area (Å²) in [5, 5.41) is 7.98. The van der Waals surface area contributed by atoms with E-state index in [1.165, 1.54) is 12.8 Å². The number of anilines is 1. The first kappa shape index (κ1) is 9.63. The Kier molecular flexibility index (Phi) is 2.09. The van der Waals surface area contributed by atoms with Gasteiger partial charge in [0.1, 0.15) is 5.52 Å². The zero-order valence-electron chi connectivity index (χ0n) is 9.64. The largest absolute Gasteiger partial charge is 0.366 e. The lowest BCUT2D eigenvalue weighted by atomic mass is 10.1. The molecule has 1 aliphatic carbocycles. The molecule has 0 saturated heterocycles. The summed E-state index contributed by atoms with van der Waals surface area (Å²) in [5.41, 5.74) is 2.20. The molecule has 4 heteroatoms. The highest BCUT2D eigenvalue weighted by Gasteiger charge is 2.22. The van der Waals surface area contributed by atoms with Crippen molar-refractivity contribution in [2.24, 2.45) is 0 Å². The number of fused-ring (bicyclic) bond motifs is 1. The van der Waals surface area contributed by atoms with Crippen molar-refractivity contribution in [3.63, 3.8) is 0 Å². The third-order valence-corrected chi connectivity index (χ3v) is 2.92. The van der Waals surface area contributed by atoms with Crippen molar-refractivity contribution in [1.29, 1.82) is 0 Å². The van der Waals surface area contributed by atoms with Gasteiger partial charge in [-0.2, -0.15) is 5.10 Å². The molecule has 0 bridgehead atoms. The number of nitrogens with zero attached hydrogens (tertiary/aromatic N) is 3. The molecule has 3 rings (SSSR count). The van der Waals surface area contributed by atoms with Gasteiger partial charge in [-0.1, -0.05) is 13.8 Å². The fourth-order valence-corrected chi connectivity index (χ4v) is 1.76. The van der Waals surface area contributed by atoms with E-state index in [9.17, 15) is 0 Å². The van der Waals surface area contributed by atoms with E-state index in [0.717, 1.165) is 17.0 Å². The molecule has 0 atom stereocenters. The quantitative estimate of drug-likeness (QED) is 0.856. The van der Waals surface area contributed by atoms with Gasteiger partial charge in [0.25, 0.3) is 0 Å². The van der Waals surface area contributed by atoms with Gasteiger partial charge >= 0.3 is 0 Å². The number of nitrogens with one attached hydrogen (secondary N) is 1. The minimum atomic E-state index is 0.452. The van der Waals surface area contributed by atoms with Crippen LogP contribution in [0.15, 0.2) is 18.5 Å². The van der Waals surface area contributed by atoms with Gasteiger partial charge in [-0.05, 0) is 24.8 Å². The van der Waals surface area contributed by atoms with Crippen molar-refractivity contribution in [2.75, 3.05) is 5.32 Å². The Morgan fingerprint density at radius 3 is 2.94 bits per heavy atom. The summed E-state index contributed by atoms with van der Waals surface area (Å²) in [7, 11) is 0. The second kappa shape index (κ2) is 3.47. The average Bonchev–Trinajstić information content (AvgIpc) is 2.95. The topological polar surface area (TPSA) is 42.2 Å². The summed E-state index contributed by atoms with van der Waals surface area (Å²) in [6.45, 7) is 4.31. The Bertz CT molecular complexity index is 511. The predicted molar refractivity (Wildman–Crippen MR) is 63.7 cm³/mol. The van der Waals surface area contributed by atoms with Crippen molar-refractivity contribution in [1.82, 2.24) is 14.6 Å². The van der Waals surface area contributed by atoms with E-state index >= 15 is 0 Å². The van der Waals surface area contributed by atoms with Gasteiger partial charge in [0, 0.05) is 18.4 Å². The van der Waals surface area contributed by atoms with Crippen molar-refractivity contribution in [3.8, 4) is 0 Å². The molecule has 16 heavy (non-hydrogen) atoms. The van der Waals surface area contributed by atoms with Crippen LogP contribution in [-0.2, 0) is 0 Å². The van der Waals surface area contributed by atoms with E-state index in [0.29, 0.717) is 12.0 Å². The van der Waals surface area contributed by atoms with Crippen LogP contribution in [0.3, 0.4) is 0 Å². The second-order valence-electron chi connectivity index (χ2n) is 4.75. The van der Waals surface area contributed by atoms with E-state index in [1.807, 2.05) is 10.7 Å². The van der Waals surface area contributed by atoms with Crippen LogP contribution < -0.4 is 5.32 Å². The second-order valence-corrected chi connectivity index (χ2v) is 4.75. The summed E-state index contributed by atoms with van der Waals surface area (Å²) in [5.74, 6) is 1.41. The molecule has 1 saturated carbocycles. The van der Waals surface area contributed by atoms with Gasteiger partial charge in [-0.15, -0.1) is 0 Å². The molecule has 0 aromatic carbocycles. The normalized spacial score (nSPS) is 15.9. The van der Waals surface area contributed by atoms with Gasteiger partial charge in [-0.3, -0.25) is 0 Å². The number of aromatic nitrogens is 3. The molecule has 2 aromatic heterocycles. The van der Waals surface area contributed by atoms with Gasteiger partial charge in [0.2, 0.25) is 0 Å². The molecule has 4 nitrogen and oxygen atoms in total. The molecule has 84 valence electrons. The van der Waals surface area contributed by atoms with E-state index in [-0.39, 0.29) is 0 Å². The zero-order valence-corrected chi connectivity index (χ0v) is 9.64. The molecule has 1 fully saturated rings. The van der Waals surface area contributed by atoms with Crippen molar-refractivity contribution in [3.05, 3.63) is 24.2 Å². The summed E-state index contributed by atoms with van der Waals surface area (Å²) >= 11 is 0. The minimum absolute atomic E-state index is 0.452. The maximum Gasteiger partial charge on any atom is 0.152 e. The molecule has 1 N–H and O–H groups in total. The van der Waals surface area contributed by atoms with Crippen molar-refractivity contribution < 1.29 is 0 Å². The lowest BCUT2D eigenvalue weighted by Gasteiger charge is -2.03. The molecule has 0 spiro atoms. The first-order chi connectivity index (χ1) is 7.74. The smallest absolute Gasteiger partial charge is 0.152 e. The van der Waals surface area contributed by atoms with Crippen LogP contribution in [0.2, 0.25) is 0 Å². The van der Waals surface area contributed by atoms with Crippen LogP contribution in [0, 0.1) is 0 Å². The average molecular weight is 216 g/mol. The number of hydrogen-bond donors (Lipinski definition) is 1. The SMILES string of the molecule is CC(C)c1cc2c(NC3CC3)nccn2n1. The standard InChI is InChI=1S/C12H16N4/c1-8(2)10-7-11-12(14-9-3-4-9)13-5-6-16(11)15-10/h5-9H,3-4H2,1-2H3,(H,13,14). The lowest BCUT2D eigenvalue weighted by molar-refractivity contribution is 0.787. The maximum absolute atomic E-state index is 4.54. The third-order valence-electron chi connectivity index (χ3n) is 2.92. The molecule has 0 radical (unpaired) electrons. The van der Waals surface area contributed by atoms with Crippen molar-refractivity contribution in [2.45, 2.75) is 38.6 Å². The molecule has 0 unspecified atom stereocenters. The first-order valence-electron chi connectivity index (χ1n) is 5.85. The molecular weight excluding hydrogens is 200 g/mol. The van der Waals surface area contributed by atoms with Gasteiger partial charge in [-0.25, -0.2) is 9.50 Å². The third kappa shape index (κ3) is 1.64. The van der Waals surface area contributed by atoms with Crippen LogP contribution in [0.1, 0.15) is 38.3 Å². The lowest BCUT2D eigenvalue weighted by Crippen LogP contribution is -2.04. The zero-order chi connectivity index (χ0) is 11.1. The summed E-state index contributed by atoms with van der Waals surface area (Å²) < 4.78 is 1.91. The molecule has 2 heterocycles. The molecule has 2 aromatic rings.